The third kappa shape index (κ3) is 3.91. The van der Waals surface area contributed by atoms with E-state index in [9.17, 15) is 0 Å². The van der Waals surface area contributed by atoms with Crippen molar-refractivity contribution in [2.24, 2.45) is 0 Å². The van der Waals surface area contributed by atoms with E-state index in [1.807, 2.05) is 12.1 Å². The fraction of sp³-hybridized carbons (Fsp3) is 0. The van der Waals surface area contributed by atoms with Gasteiger partial charge in [-0.25, -0.2) is 0 Å². The van der Waals surface area contributed by atoms with Crippen LogP contribution >= 0.6 is 0 Å². The quantitative estimate of drug-likeness (QED) is 0.172. The standard InChI is InChI=1S/C46H29GeN3O/c1-4-16-30(17-5-1)45-48-44-33-22-10-13-25-36(33)47(31-18-6-2-7-19-31,32-20-8-3-9-21-32)43(44)46(49-45)50-37-26-14-11-23-34(37)41-38(50)28-29-40-42(41)35-24-12-15-27-39(35)51-40/h1-29H. The van der Waals surface area contributed by atoms with Crippen LogP contribution in [0.2, 0.25) is 0 Å². The molecule has 11 rings (SSSR count). The van der Waals surface area contributed by atoms with Crippen molar-refractivity contribution in [1.29, 1.82) is 0 Å². The van der Waals surface area contributed by atoms with Crippen molar-refractivity contribution in [1.82, 2.24) is 14.5 Å². The summed E-state index contributed by atoms with van der Waals surface area (Å²) in [5.41, 5.74) is 7.21. The van der Waals surface area contributed by atoms with Gasteiger partial charge >= 0.3 is 298 Å². The minimum absolute atomic E-state index is 0.722. The Bertz CT molecular complexity index is 2930. The first-order chi connectivity index (χ1) is 25.3. The van der Waals surface area contributed by atoms with Gasteiger partial charge in [0.25, 0.3) is 0 Å². The summed E-state index contributed by atoms with van der Waals surface area (Å²) in [7, 11) is 0. The molecule has 4 heterocycles. The zero-order chi connectivity index (χ0) is 33.5. The minimum atomic E-state index is -3.77. The number of aromatic nitrogens is 3. The van der Waals surface area contributed by atoms with Crippen molar-refractivity contribution >= 4 is 74.6 Å². The molecule has 1 aliphatic heterocycles. The van der Waals surface area contributed by atoms with Crippen LogP contribution in [0.15, 0.2) is 180 Å². The van der Waals surface area contributed by atoms with Crippen LogP contribution in [0.25, 0.3) is 72.2 Å². The summed E-state index contributed by atoms with van der Waals surface area (Å²) in [5, 5.41) is 4.60. The molecule has 0 radical (unpaired) electrons. The molecule has 0 amide bonds. The van der Waals surface area contributed by atoms with Gasteiger partial charge < -0.3 is 0 Å². The van der Waals surface area contributed by atoms with Gasteiger partial charge in [-0.1, -0.05) is 0 Å². The first-order valence-corrected chi connectivity index (χ1v) is 21.5. The van der Waals surface area contributed by atoms with Gasteiger partial charge in [-0.05, 0) is 0 Å². The molecule has 51 heavy (non-hydrogen) atoms. The fourth-order valence-electron chi connectivity index (χ4n) is 8.66. The summed E-state index contributed by atoms with van der Waals surface area (Å²) < 4.78 is 14.2. The number of nitrogens with zero attached hydrogens (tertiary/aromatic N) is 3. The summed E-state index contributed by atoms with van der Waals surface area (Å²) in [6, 6.07) is 63.2. The van der Waals surface area contributed by atoms with Gasteiger partial charge in [0.15, 0.2) is 0 Å². The molecule has 0 aliphatic carbocycles. The van der Waals surface area contributed by atoms with Gasteiger partial charge in [0.1, 0.15) is 0 Å². The Morgan fingerprint density at radius 3 is 1.86 bits per heavy atom. The predicted molar refractivity (Wildman–Crippen MR) is 212 cm³/mol. The van der Waals surface area contributed by atoms with Crippen molar-refractivity contribution in [2.45, 2.75) is 0 Å². The fourth-order valence-corrected chi connectivity index (χ4v) is 19.5. The SMILES string of the molecule is c1ccc(-c2nc3[c](c(-n4c5ccccc5c5c6c(ccc54)oc4ccccc46)n2)[Ge]([c]2ccccc2)([c]2ccccc2)[c]2ccccc2-3)cc1. The number of benzene rings is 7. The summed E-state index contributed by atoms with van der Waals surface area (Å²) in [4.78, 5) is 11.2. The first-order valence-electron chi connectivity index (χ1n) is 17.3. The van der Waals surface area contributed by atoms with Crippen LogP contribution in [-0.2, 0) is 0 Å². The van der Waals surface area contributed by atoms with E-state index < -0.39 is 13.3 Å². The number of fused-ring (bicyclic) bond motifs is 10. The molecule has 5 heteroatoms. The molecule has 7 aromatic carbocycles. The van der Waals surface area contributed by atoms with Crippen LogP contribution < -0.4 is 17.6 Å². The maximum atomic E-state index is 6.44. The van der Waals surface area contributed by atoms with Gasteiger partial charge in [-0.3, -0.25) is 0 Å². The van der Waals surface area contributed by atoms with Crippen LogP contribution in [0.4, 0.5) is 0 Å². The molecule has 0 N–H and O–H groups in total. The predicted octanol–water partition coefficient (Wildman–Crippen LogP) is 8.50. The van der Waals surface area contributed by atoms with E-state index in [-0.39, 0.29) is 0 Å². The second-order valence-corrected chi connectivity index (χ2v) is 21.0. The summed E-state index contributed by atoms with van der Waals surface area (Å²) in [5.74, 6) is 1.67. The van der Waals surface area contributed by atoms with Crippen LogP contribution in [0.3, 0.4) is 0 Å². The normalized spacial score (nSPS) is 13.3. The average Bonchev–Trinajstić information content (AvgIpc) is 3.85. The Hall–Kier alpha value is -6.24. The zero-order valence-corrected chi connectivity index (χ0v) is 29.6. The van der Waals surface area contributed by atoms with Crippen LogP contribution in [0.5, 0.6) is 0 Å². The number of para-hydroxylation sites is 2. The first kappa shape index (κ1) is 28.6. The van der Waals surface area contributed by atoms with E-state index in [0.29, 0.717) is 0 Å². The van der Waals surface area contributed by atoms with Crippen molar-refractivity contribution in [2.75, 3.05) is 0 Å². The maximum absolute atomic E-state index is 6.44. The third-order valence-corrected chi connectivity index (χ3v) is 20.9. The van der Waals surface area contributed by atoms with E-state index in [4.69, 9.17) is 14.4 Å². The molecule has 0 bridgehead atoms. The summed E-state index contributed by atoms with van der Waals surface area (Å²) in [6.07, 6.45) is 0. The summed E-state index contributed by atoms with van der Waals surface area (Å²) >= 11 is -3.77. The molecular weight excluding hydrogens is 683 g/mol. The van der Waals surface area contributed by atoms with Gasteiger partial charge in [-0.15, -0.1) is 0 Å². The molecule has 0 saturated carbocycles. The molecule has 1 aliphatic rings. The Morgan fingerprint density at radius 2 is 1.10 bits per heavy atom. The Morgan fingerprint density at radius 1 is 0.471 bits per heavy atom. The van der Waals surface area contributed by atoms with E-state index in [2.05, 4.69) is 168 Å². The van der Waals surface area contributed by atoms with Crippen molar-refractivity contribution in [3.05, 3.63) is 176 Å². The van der Waals surface area contributed by atoms with E-state index in [1.165, 1.54) is 33.9 Å². The molecule has 10 aromatic rings. The Balaban J connectivity index is 1.38. The zero-order valence-electron chi connectivity index (χ0n) is 27.5. The molecule has 0 spiro atoms. The molecule has 3 aromatic heterocycles. The van der Waals surface area contributed by atoms with Crippen molar-refractivity contribution in [3.63, 3.8) is 0 Å². The molecular formula is C46H29GeN3O. The molecule has 0 unspecified atom stereocenters. The molecule has 0 atom stereocenters. The number of rotatable bonds is 4. The third-order valence-electron chi connectivity index (χ3n) is 10.7. The van der Waals surface area contributed by atoms with Crippen LogP contribution in [0, 0.1) is 0 Å². The molecule has 4 nitrogen and oxygen atoms in total. The number of hydrogen-bond donors (Lipinski definition) is 0. The molecule has 0 fully saturated rings. The average molecular weight is 712 g/mol. The van der Waals surface area contributed by atoms with Crippen LogP contribution in [-0.4, -0.2) is 27.8 Å². The van der Waals surface area contributed by atoms with Crippen molar-refractivity contribution in [3.8, 4) is 28.5 Å². The molecule has 238 valence electrons. The van der Waals surface area contributed by atoms with Crippen LogP contribution in [0.1, 0.15) is 0 Å². The molecule has 0 saturated heterocycles. The van der Waals surface area contributed by atoms with Gasteiger partial charge in [0.05, 0.1) is 0 Å². The number of hydrogen-bond acceptors (Lipinski definition) is 3. The monoisotopic (exact) mass is 713 g/mol. The van der Waals surface area contributed by atoms with E-state index in [1.54, 1.807) is 0 Å². The number of furan rings is 1. The van der Waals surface area contributed by atoms with Gasteiger partial charge in [0.2, 0.25) is 0 Å². The van der Waals surface area contributed by atoms with E-state index >= 15 is 0 Å². The topological polar surface area (TPSA) is 43.9 Å². The van der Waals surface area contributed by atoms with Gasteiger partial charge in [0, 0.05) is 0 Å². The second-order valence-electron chi connectivity index (χ2n) is 13.3. The Labute approximate surface area is 296 Å². The van der Waals surface area contributed by atoms with Gasteiger partial charge in [-0.2, -0.15) is 0 Å². The van der Waals surface area contributed by atoms with Crippen molar-refractivity contribution < 1.29 is 4.42 Å². The summed E-state index contributed by atoms with van der Waals surface area (Å²) in [6.45, 7) is 0. The van der Waals surface area contributed by atoms with E-state index in [0.717, 1.165) is 55.9 Å². The Kier molecular flexibility index (Phi) is 6.10. The second kappa shape index (κ2) is 10.9.